The number of rotatable bonds is 8. The van der Waals surface area contributed by atoms with Crippen molar-refractivity contribution in [2.24, 2.45) is 11.3 Å². The maximum atomic E-state index is 13.1. The van der Waals surface area contributed by atoms with Crippen molar-refractivity contribution in [3.05, 3.63) is 41.1 Å². The van der Waals surface area contributed by atoms with E-state index in [0.717, 1.165) is 47.8 Å². The molecule has 0 saturated heterocycles. The van der Waals surface area contributed by atoms with Crippen molar-refractivity contribution in [1.29, 1.82) is 0 Å². The minimum atomic E-state index is -0.457. The van der Waals surface area contributed by atoms with Gasteiger partial charge < -0.3 is 14.8 Å². The van der Waals surface area contributed by atoms with E-state index in [4.69, 9.17) is 14.5 Å². The first kappa shape index (κ1) is 22.2. The van der Waals surface area contributed by atoms with E-state index in [1.165, 1.54) is 0 Å². The largest absolute Gasteiger partial charge is 0.452 e. The smallest absolute Gasteiger partial charge is 0.339 e. The van der Waals surface area contributed by atoms with E-state index in [-0.39, 0.29) is 17.9 Å². The van der Waals surface area contributed by atoms with Crippen LogP contribution in [0.25, 0.3) is 10.9 Å². The van der Waals surface area contributed by atoms with E-state index in [1.807, 2.05) is 24.3 Å². The zero-order valence-corrected chi connectivity index (χ0v) is 18.4. The van der Waals surface area contributed by atoms with Gasteiger partial charge in [-0.2, -0.15) is 0 Å². The molecule has 162 valence electrons. The molecule has 1 aliphatic carbocycles. The van der Waals surface area contributed by atoms with Gasteiger partial charge in [-0.1, -0.05) is 45.4 Å². The third-order valence-corrected chi connectivity index (χ3v) is 6.44. The van der Waals surface area contributed by atoms with Crippen LogP contribution in [0, 0.1) is 11.3 Å². The number of hydrogen-bond donors (Lipinski definition) is 1. The lowest BCUT2D eigenvalue weighted by molar-refractivity contribution is -0.124. The number of hydrogen-bond acceptors (Lipinski definition) is 5. The highest BCUT2D eigenvalue weighted by molar-refractivity contribution is 6.05. The van der Waals surface area contributed by atoms with E-state index < -0.39 is 5.97 Å². The quantitative estimate of drug-likeness (QED) is 0.528. The number of aromatic nitrogens is 1. The minimum absolute atomic E-state index is 0.186. The maximum Gasteiger partial charge on any atom is 0.339 e. The first-order valence-electron chi connectivity index (χ1n) is 10.7. The molecular weight excluding hydrogens is 380 g/mol. The molecule has 0 aliphatic heterocycles. The molecule has 1 aromatic heterocycles. The summed E-state index contributed by atoms with van der Waals surface area (Å²) in [7, 11) is 1.57. The Hall–Kier alpha value is -2.47. The Labute approximate surface area is 178 Å². The average Bonchev–Trinajstić information content (AvgIpc) is 2.75. The van der Waals surface area contributed by atoms with E-state index in [0.29, 0.717) is 24.6 Å². The summed E-state index contributed by atoms with van der Waals surface area (Å²) < 4.78 is 10.3. The Morgan fingerprint density at radius 1 is 1.27 bits per heavy atom. The summed E-state index contributed by atoms with van der Waals surface area (Å²) in [4.78, 5) is 30.0. The van der Waals surface area contributed by atoms with Gasteiger partial charge in [-0.05, 0) is 42.2 Å². The van der Waals surface area contributed by atoms with Gasteiger partial charge in [0, 0.05) is 24.7 Å². The predicted octanol–water partition coefficient (Wildman–Crippen LogP) is 3.70. The Balaban J connectivity index is 1.90. The van der Waals surface area contributed by atoms with Crippen molar-refractivity contribution in [2.45, 2.75) is 46.5 Å². The molecule has 1 amide bonds. The van der Waals surface area contributed by atoms with Crippen LogP contribution < -0.4 is 5.32 Å². The number of nitrogens with one attached hydrogen (secondary N) is 1. The number of carbonyl (C=O) groups is 2. The zero-order chi connectivity index (χ0) is 21.7. The van der Waals surface area contributed by atoms with Gasteiger partial charge in [-0.25, -0.2) is 4.79 Å². The van der Waals surface area contributed by atoms with E-state index in [9.17, 15) is 9.59 Å². The summed E-state index contributed by atoms with van der Waals surface area (Å²) in [5.41, 5.74) is 3.51. The van der Waals surface area contributed by atoms with Crippen molar-refractivity contribution in [3.8, 4) is 0 Å². The molecule has 1 atom stereocenters. The molecule has 2 aromatic rings. The van der Waals surface area contributed by atoms with Gasteiger partial charge in [-0.3, -0.25) is 9.78 Å². The number of carbonyl (C=O) groups excluding carboxylic acids is 2. The van der Waals surface area contributed by atoms with Crippen LogP contribution in [0.4, 0.5) is 0 Å². The van der Waals surface area contributed by atoms with Crippen molar-refractivity contribution >= 4 is 22.8 Å². The fraction of sp³-hybridized carbons (Fsp3) is 0.542. The molecule has 1 heterocycles. The summed E-state index contributed by atoms with van der Waals surface area (Å²) in [6.45, 7) is 7.29. The van der Waals surface area contributed by atoms with E-state index in [2.05, 4.69) is 26.1 Å². The molecule has 0 spiro atoms. The first-order chi connectivity index (χ1) is 14.4. The van der Waals surface area contributed by atoms with Crippen LogP contribution in [0.1, 0.15) is 55.2 Å². The Morgan fingerprint density at radius 2 is 2.03 bits per heavy atom. The molecule has 0 unspecified atom stereocenters. The molecule has 6 heteroatoms. The fourth-order valence-corrected chi connectivity index (χ4v) is 4.12. The number of para-hydroxylation sites is 1. The molecule has 0 saturated carbocycles. The lowest BCUT2D eigenvalue weighted by Crippen LogP contribution is -2.32. The van der Waals surface area contributed by atoms with Gasteiger partial charge in [0.2, 0.25) is 0 Å². The second-order valence-electron chi connectivity index (χ2n) is 8.63. The van der Waals surface area contributed by atoms with Crippen LogP contribution >= 0.6 is 0 Å². The summed E-state index contributed by atoms with van der Waals surface area (Å²) in [6, 6.07) is 7.66. The second kappa shape index (κ2) is 9.56. The van der Waals surface area contributed by atoms with Crippen LogP contribution in [-0.2, 0) is 27.1 Å². The van der Waals surface area contributed by atoms with E-state index in [1.54, 1.807) is 7.11 Å². The van der Waals surface area contributed by atoms with Crippen molar-refractivity contribution in [3.63, 3.8) is 0 Å². The van der Waals surface area contributed by atoms with Crippen LogP contribution in [0.2, 0.25) is 0 Å². The van der Waals surface area contributed by atoms with Crippen LogP contribution in [0.15, 0.2) is 24.3 Å². The summed E-state index contributed by atoms with van der Waals surface area (Å²) in [6.07, 6.45) is 3.80. The number of amides is 1. The lowest BCUT2D eigenvalue weighted by Gasteiger charge is -2.37. The number of methoxy groups -OCH3 is 1. The SMILES string of the molecule is CCC(C)(C)[C@@H]1CCc2nc3ccccc3c(C(=O)OCC(=O)NCCOC)c2C1. The minimum Gasteiger partial charge on any atom is -0.452 e. The Kier molecular flexibility index (Phi) is 7.08. The summed E-state index contributed by atoms with van der Waals surface area (Å²) >= 11 is 0. The molecular formula is C24H32N2O4. The summed E-state index contributed by atoms with van der Waals surface area (Å²) in [5.74, 6) is -0.318. The third-order valence-electron chi connectivity index (χ3n) is 6.44. The van der Waals surface area contributed by atoms with Gasteiger partial charge in [-0.15, -0.1) is 0 Å². The van der Waals surface area contributed by atoms with Crippen molar-refractivity contribution in [1.82, 2.24) is 10.3 Å². The standard InChI is InChI=1S/C24H32N2O4/c1-5-24(2,3)16-10-11-20-18(14-16)22(17-8-6-7-9-19(17)26-20)23(28)30-15-21(27)25-12-13-29-4/h6-9,16H,5,10-15H2,1-4H3,(H,25,27)/t16-/m1/s1. The fourth-order valence-electron chi connectivity index (χ4n) is 4.12. The molecule has 1 aromatic carbocycles. The zero-order valence-electron chi connectivity index (χ0n) is 18.4. The van der Waals surface area contributed by atoms with Gasteiger partial charge in [0.1, 0.15) is 0 Å². The molecule has 30 heavy (non-hydrogen) atoms. The number of nitrogens with zero attached hydrogens (tertiary/aromatic N) is 1. The second-order valence-corrected chi connectivity index (χ2v) is 8.63. The number of pyridine rings is 1. The van der Waals surface area contributed by atoms with Crippen molar-refractivity contribution in [2.75, 3.05) is 26.9 Å². The topological polar surface area (TPSA) is 77.5 Å². The normalized spacial score (nSPS) is 16.2. The van der Waals surface area contributed by atoms with Gasteiger partial charge in [0.25, 0.3) is 5.91 Å². The van der Waals surface area contributed by atoms with Gasteiger partial charge in [0.15, 0.2) is 6.61 Å². The number of esters is 1. The highest BCUT2D eigenvalue weighted by atomic mass is 16.5. The average molecular weight is 413 g/mol. The van der Waals surface area contributed by atoms with Gasteiger partial charge >= 0.3 is 5.97 Å². The summed E-state index contributed by atoms with van der Waals surface area (Å²) in [5, 5.41) is 3.46. The Morgan fingerprint density at radius 3 is 2.77 bits per heavy atom. The van der Waals surface area contributed by atoms with E-state index >= 15 is 0 Å². The highest BCUT2D eigenvalue weighted by Gasteiger charge is 2.34. The monoisotopic (exact) mass is 412 g/mol. The lowest BCUT2D eigenvalue weighted by atomic mass is 9.68. The first-order valence-corrected chi connectivity index (χ1v) is 10.7. The highest BCUT2D eigenvalue weighted by Crippen LogP contribution is 2.41. The molecule has 0 bridgehead atoms. The third kappa shape index (κ3) is 4.81. The molecule has 1 aliphatic rings. The van der Waals surface area contributed by atoms with Crippen LogP contribution in [-0.4, -0.2) is 43.7 Å². The molecule has 6 nitrogen and oxygen atoms in total. The van der Waals surface area contributed by atoms with Crippen molar-refractivity contribution < 1.29 is 19.1 Å². The predicted molar refractivity (Wildman–Crippen MR) is 116 cm³/mol. The molecule has 3 rings (SSSR count). The van der Waals surface area contributed by atoms with Crippen LogP contribution in [0.3, 0.4) is 0 Å². The number of fused-ring (bicyclic) bond motifs is 2. The van der Waals surface area contributed by atoms with Crippen LogP contribution in [0.5, 0.6) is 0 Å². The van der Waals surface area contributed by atoms with Gasteiger partial charge in [0.05, 0.1) is 17.7 Å². The maximum absolute atomic E-state index is 13.1. The number of benzene rings is 1. The number of aryl methyl sites for hydroxylation is 1. The Bertz CT molecular complexity index is 923. The molecule has 1 N–H and O–H groups in total. The molecule has 0 radical (unpaired) electrons. The molecule has 0 fully saturated rings. The number of ether oxygens (including phenoxy) is 2.